The van der Waals surface area contributed by atoms with Crippen LogP contribution in [-0.2, 0) is 6.42 Å². The third kappa shape index (κ3) is 9.64. The minimum Gasteiger partial charge on any atom is -0.352 e. The number of hydrogen-bond acceptors (Lipinski definition) is 2. The molecule has 2 atom stereocenters. The van der Waals surface area contributed by atoms with Gasteiger partial charge in [-0.25, -0.2) is 0 Å². The molecule has 2 aliphatic carbocycles. The molecule has 2 aromatic rings. The van der Waals surface area contributed by atoms with E-state index >= 15 is 0 Å². The summed E-state index contributed by atoms with van der Waals surface area (Å²) in [6.45, 7) is 8.86. The Morgan fingerprint density at radius 2 is 1.87 bits per heavy atom. The van der Waals surface area contributed by atoms with Gasteiger partial charge in [-0.05, 0) is 99.8 Å². The molecule has 1 amide bonds. The predicted octanol–water partition coefficient (Wildman–Crippen LogP) is 9.39. The van der Waals surface area contributed by atoms with Crippen LogP contribution in [0.1, 0.15) is 129 Å². The highest BCUT2D eigenvalue weighted by Gasteiger charge is 2.27. The molecule has 0 radical (unpaired) electrons. The van der Waals surface area contributed by atoms with Crippen LogP contribution in [-0.4, -0.2) is 18.2 Å². The summed E-state index contributed by atoms with van der Waals surface area (Å²) in [5.41, 5.74) is 5.51. The molecule has 2 aromatic carbocycles. The number of hydrogen-bond donors (Lipinski definition) is 1. The van der Waals surface area contributed by atoms with Crippen LogP contribution in [0.2, 0.25) is 0 Å². The van der Waals surface area contributed by atoms with Gasteiger partial charge >= 0.3 is 0 Å². The van der Waals surface area contributed by atoms with Crippen molar-refractivity contribution in [1.29, 1.82) is 0 Å². The summed E-state index contributed by atoms with van der Waals surface area (Å²) >= 11 is 0. The molecular weight excluding hydrogens is 478 g/mol. The van der Waals surface area contributed by atoms with Crippen molar-refractivity contribution in [3.8, 4) is 0 Å². The standard InChI is InChI=1S/C22H29NO2.C14H20/c1-2-6-17-9-10-18-15-19(11-12-20(18)21(17)24)22(25)23-14-13-16-7-4-3-5-8-16;1-3-5-10-13(9-4-2)14-11-7-6-8-12-14/h7,11-12,15,17H,2-6,8-10,13-14H2,1H3,(H,23,25);3,6-8,11-13H,1,4-5,9-10H2,2H3. The molecule has 3 nitrogen and oxygen atoms in total. The van der Waals surface area contributed by atoms with Crippen molar-refractivity contribution in [3.05, 3.63) is 95.1 Å². The number of benzene rings is 2. The first kappa shape index (κ1) is 30.6. The molecule has 2 aliphatic rings. The average Bonchev–Trinajstić information content (AvgIpc) is 2.98. The topological polar surface area (TPSA) is 46.2 Å². The first-order chi connectivity index (χ1) is 19.1. The van der Waals surface area contributed by atoms with Gasteiger partial charge in [0.05, 0.1) is 0 Å². The van der Waals surface area contributed by atoms with E-state index in [2.05, 4.69) is 62.2 Å². The maximum Gasteiger partial charge on any atom is 0.251 e. The summed E-state index contributed by atoms with van der Waals surface area (Å²) in [7, 11) is 0. The van der Waals surface area contributed by atoms with Gasteiger partial charge in [0.1, 0.15) is 0 Å². The van der Waals surface area contributed by atoms with E-state index < -0.39 is 0 Å². The number of rotatable bonds is 12. The fourth-order valence-electron chi connectivity index (χ4n) is 5.93. The normalized spacial score (nSPS) is 17.2. The van der Waals surface area contributed by atoms with Crippen molar-refractivity contribution >= 4 is 11.7 Å². The van der Waals surface area contributed by atoms with Crippen LogP contribution < -0.4 is 5.32 Å². The number of amides is 1. The van der Waals surface area contributed by atoms with E-state index in [1.165, 1.54) is 56.1 Å². The number of Topliss-reactive ketones (excluding diaryl/α,β-unsaturated/α-hetero) is 1. The zero-order valence-corrected chi connectivity index (χ0v) is 24.4. The quantitative estimate of drug-likeness (QED) is 0.279. The molecule has 4 rings (SSSR count). The maximum absolute atomic E-state index is 12.5. The third-order valence-corrected chi connectivity index (χ3v) is 8.15. The number of nitrogens with one attached hydrogen (secondary N) is 1. The van der Waals surface area contributed by atoms with E-state index in [4.69, 9.17) is 0 Å². The second-order valence-electron chi connectivity index (χ2n) is 11.1. The predicted molar refractivity (Wildman–Crippen MR) is 165 cm³/mol. The van der Waals surface area contributed by atoms with Crippen molar-refractivity contribution in [2.45, 2.75) is 103 Å². The number of fused-ring (bicyclic) bond motifs is 1. The van der Waals surface area contributed by atoms with E-state index in [-0.39, 0.29) is 17.6 Å². The zero-order chi connectivity index (χ0) is 27.9. The number of allylic oxidation sites excluding steroid dienone is 2. The van der Waals surface area contributed by atoms with Gasteiger partial charge in [0, 0.05) is 23.6 Å². The van der Waals surface area contributed by atoms with Crippen LogP contribution in [0.25, 0.3) is 0 Å². The van der Waals surface area contributed by atoms with Gasteiger partial charge < -0.3 is 5.32 Å². The van der Waals surface area contributed by atoms with E-state index in [9.17, 15) is 9.59 Å². The van der Waals surface area contributed by atoms with Crippen molar-refractivity contribution in [3.63, 3.8) is 0 Å². The fraction of sp³-hybridized carbons (Fsp3) is 0.500. The van der Waals surface area contributed by atoms with Gasteiger partial charge in [-0.15, -0.1) is 6.58 Å². The summed E-state index contributed by atoms with van der Waals surface area (Å²) in [6, 6.07) is 16.4. The molecule has 0 aliphatic heterocycles. The van der Waals surface area contributed by atoms with E-state index in [1.807, 2.05) is 18.2 Å². The minimum absolute atomic E-state index is 0.0256. The van der Waals surface area contributed by atoms with Crippen LogP contribution in [0.3, 0.4) is 0 Å². The Bertz CT molecular complexity index is 1080. The largest absolute Gasteiger partial charge is 0.352 e. The highest BCUT2D eigenvalue weighted by molar-refractivity contribution is 6.02. The summed E-state index contributed by atoms with van der Waals surface area (Å²) in [5.74, 6) is 1.13. The number of carbonyl (C=O) groups excluding carboxylic acids is 2. The Hall–Kier alpha value is -2.94. The maximum atomic E-state index is 12.5. The van der Waals surface area contributed by atoms with E-state index in [1.54, 1.807) is 6.07 Å². The molecule has 1 N–H and O–H groups in total. The summed E-state index contributed by atoms with van der Waals surface area (Å²) in [6.07, 6.45) is 19.0. The van der Waals surface area contributed by atoms with Crippen LogP contribution in [0, 0.1) is 5.92 Å². The molecule has 210 valence electrons. The van der Waals surface area contributed by atoms with Crippen LogP contribution in [0.15, 0.2) is 72.8 Å². The monoisotopic (exact) mass is 527 g/mol. The molecule has 39 heavy (non-hydrogen) atoms. The molecule has 0 heterocycles. The summed E-state index contributed by atoms with van der Waals surface area (Å²) < 4.78 is 0. The van der Waals surface area contributed by atoms with Gasteiger partial charge in [-0.2, -0.15) is 0 Å². The molecule has 2 unspecified atom stereocenters. The van der Waals surface area contributed by atoms with Crippen molar-refractivity contribution < 1.29 is 9.59 Å². The highest BCUT2D eigenvalue weighted by Crippen LogP contribution is 2.29. The lowest BCUT2D eigenvalue weighted by Crippen LogP contribution is -2.26. The molecule has 0 saturated heterocycles. The molecule has 0 saturated carbocycles. The van der Waals surface area contributed by atoms with E-state index in [0.717, 1.165) is 55.6 Å². The summed E-state index contributed by atoms with van der Waals surface area (Å²) in [4.78, 5) is 24.9. The SMILES string of the molecule is C=CCCC(CCC)c1ccccc1.CCCC1CCc2cc(C(=O)NCCC3=CCCCC3)ccc2C1=O. The number of carbonyl (C=O) groups is 2. The van der Waals surface area contributed by atoms with Crippen molar-refractivity contribution in [2.24, 2.45) is 5.92 Å². The molecular formula is C36H49NO2. The second-order valence-corrected chi connectivity index (χ2v) is 11.1. The lowest BCUT2D eigenvalue weighted by atomic mass is 9.80. The fourth-order valence-corrected chi connectivity index (χ4v) is 5.93. The Morgan fingerprint density at radius 3 is 2.56 bits per heavy atom. The Morgan fingerprint density at radius 1 is 1.05 bits per heavy atom. The number of aryl methyl sites for hydroxylation is 1. The highest BCUT2D eigenvalue weighted by atomic mass is 16.1. The van der Waals surface area contributed by atoms with Crippen LogP contribution >= 0.6 is 0 Å². The molecule has 0 spiro atoms. The zero-order valence-electron chi connectivity index (χ0n) is 24.4. The van der Waals surface area contributed by atoms with Crippen molar-refractivity contribution in [1.82, 2.24) is 5.32 Å². The average molecular weight is 528 g/mol. The minimum atomic E-state index is -0.0256. The van der Waals surface area contributed by atoms with Gasteiger partial charge in [0.2, 0.25) is 0 Å². The second kappa shape index (κ2) is 16.9. The van der Waals surface area contributed by atoms with Crippen LogP contribution in [0.5, 0.6) is 0 Å². The van der Waals surface area contributed by atoms with Gasteiger partial charge in [0.25, 0.3) is 5.91 Å². The lowest BCUT2D eigenvalue weighted by molar-refractivity contribution is 0.0891. The van der Waals surface area contributed by atoms with Crippen LogP contribution in [0.4, 0.5) is 0 Å². The smallest absolute Gasteiger partial charge is 0.251 e. The molecule has 0 fully saturated rings. The molecule has 0 bridgehead atoms. The Kier molecular flexibility index (Phi) is 13.3. The first-order valence-corrected chi connectivity index (χ1v) is 15.4. The Balaban J connectivity index is 0.000000255. The summed E-state index contributed by atoms with van der Waals surface area (Å²) in [5, 5.41) is 3.03. The third-order valence-electron chi connectivity index (χ3n) is 8.15. The van der Waals surface area contributed by atoms with Crippen molar-refractivity contribution in [2.75, 3.05) is 6.54 Å². The number of ketones is 1. The first-order valence-electron chi connectivity index (χ1n) is 15.4. The molecule has 3 heteroatoms. The van der Waals surface area contributed by atoms with Gasteiger partial charge in [-0.1, -0.05) is 80.8 Å². The van der Waals surface area contributed by atoms with Gasteiger partial charge in [0.15, 0.2) is 5.78 Å². The lowest BCUT2D eigenvalue weighted by Gasteiger charge is -2.23. The van der Waals surface area contributed by atoms with Gasteiger partial charge in [-0.3, -0.25) is 9.59 Å². The van der Waals surface area contributed by atoms with E-state index in [0.29, 0.717) is 12.1 Å². The molecule has 0 aromatic heterocycles. The Labute approximate surface area is 237 Å².